The van der Waals surface area contributed by atoms with Crippen molar-refractivity contribution in [1.29, 1.82) is 0 Å². The van der Waals surface area contributed by atoms with Gasteiger partial charge in [0.1, 0.15) is 6.04 Å². The molecule has 0 bridgehead atoms. The fourth-order valence-corrected chi connectivity index (χ4v) is 3.16. The maximum atomic E-state index is 12.8. The molecule has 0 saturated heterocycles. The smallest absolute Gasteiger partial charge is 0.242 e. The summed E-state index contributed by atoms with van der Waals surface area (Å²) in [6.45, 7) is 3.21. The summed E-state index contributed by atoms with van der Waals surface area (Å²) < 4.78 is 2.66. The third-order valence-electron chi connectivity index (χ3n) is 4.41. The fraction of sp³-hybridized carbons (Fsp3) is 0.471. The zero-order valence-corrected chi connectivity index (χ0v) is 14.8. The lowest BCUT2D eigenvalue weighted by Crippen LogP contribution is -2.38. The minimum Gasteiger partial charge on any atom is -0.347 e. The number of carbonyl (C=O) groups is 1. The van der Waals surface area contributed by atoms with E-state index >= 15 is 0 Å². The normalized spacial score (nSPS) is 15.5. The number of hydrogen-bond donors (Lipinski definition) is 2. The van der Waals surface area contributed by atoms with Crippen LogP contribution < -0.4 is 5.32 Å². The quantitative estimate of drug-likeness (QED) is 0.757. The zero-order valence-electron chi connectivity index (χ0n) is 14.0. The lowest BCUT2D eigenvalue weighted by atomic mass is 10.0. The number of carbonyl (C=O) groups excluding carboxylic acids is 1. The van der Waals surface area contributed by atoms with E-state index in [9.17, 15) is 4.79 Å². The van der Waals surface area contributed by atoms with Gasteiger partial charge < -0.3 is 5.32 Å². The number of amides is 1. The van der Waals surface area contributed by atoms with Crippen LogP contribution in [0.5, 0.6) is 0 Å². The van der Waals surface area contributed by atoms with Crippen LogP contribution in [0, 0.1) is 4.77 Å². The average molecular weight is 345 g/mol. The molecule has 3 rings (SSSR count). The van der Waals surface area contributed by atoms with Gasteiger partial charge in [0, 0.05) is 6.04 Å². The molecule has 1 aliphatic carbocycles. The van der Waals surface area contributed by atoms with Gasteiger partial charge in [-0.1, -0.05) is 37.3 Å². The average Bonchev–Trinajstić information content (AvgIpc) is 3.36. The van der Waals surface area contributed by atoms with Gasteiger partial charge >= 0.3 is 0 Å². The first-order chi connectivity index (χ1) is 11.6. The van der Waals surface area contributed by atoms with Crippen molar-refractivity contribution in [2.24, 2.45) is 0 Å². The third-order valence-corrected chi connectivity index (χ3v) is 4.70. The van der Waals surface area contributed by atoms with E-state index in [4.69, 9.17) is 12.2 Å². The molecule has 1 aromatic carbocycles. The largest absolute Gasteiger partial charge is 0.347 e. The van der Waals surface area contributed by atoms with Crippen molar-refractivity contribution >= 4 is 18.1 Å². The van der Waals surface area contributed by atoms with Gasteiger partial charge in [-0.3, -0.25) is 19.4 Å². The molecular formula is C17H23N5OS. The molecule has 2 aromatic rings. The van der Waals surface area contributed by atoms with Gasteiger partial charge in [-0.2, -0.15) is 5.10 Å². The van der Waals surface area contributed by atoms with Crippen LogP contribution in [-0.4, -0.2) is 39.2 Å². The number of aromatic amines is 1. The molecule has 1 atom stereocenters. The Morgan fingerprint density at radius 2 is 2.17 bits per heavy atom. The topological polar surface area (TPSA) is 66.0 Å². The van der Waals surface area contributed by atoms with Crippen LogP contribution in [0.15, 0.2) is 30.3 Å². The molecular weight excluding hydrogens is 322 g/mol. The summed E-state index contributed by atoms with van der Waals surface area (Å²) in [4.78, 5) is 14.8. The minimum atomic E-state index is -0.313. The summed E-state index contributed by atoms with van der Waals surface area (Å²) in [5.41, 5.74) is 0.986. The van der Waals surface area contributed by atoms with E-state index in [1.165, 1.54) is 0 Å². The van der Waals surface area contributed by atoms with Crippen LogP contribution >= 0.6 is 12.2 Å². The predicted molar refractivity (Wildman–Crippen MR) is 95.0 cm³/mol. The summed E-state index contributed by atoms with van der Waals surface area (Å²) >= 11 is 5.28. The van der Waals surface area contributed by atoms with Gasteiger partial charge in [-0.25, -0.2) is 0 Å². The van der Waals surface area contributed by atoms with Gasteiger partial charge in [0.25, 0.3) is 0 Å². The number of H-pyrrole nitrogens is 1. The van der Waals surface area contributed by atoms with Crippen molar-refractivity contribution in [3.8, 4) is 0 Å². The molecule has 2 N–H and O–H groups in total. The highest BCUT2D eigenvalue weighted by atomic mass is 32.1. The van der Waals surface area contributed by atoms with Crippen LogP contribution in [0.1, 0.15) is 43.2 Å². The molecule has 6 nitrogen and oxygen atoms in total. The second-order valence-electron chi connectivity index (χ2n) is 6.15. The molecule has 1 saturated carbocycles. The summed E-state index contributed by atoms with van der Waals surface area (Å²) in [6, 6.07) is 9.96. The van der Waals surface area contributed by atoms with Crippen LogP contribution in [0.25, 0.3) is 0 Å². The molecule has 1 aliphatic rings. The molecule has 1 fully saturated rings. The van der Waals surface area contributed by atoms with Gasteiger partial charge in [-0.15, -0.1) is 0 Å². The maximum Gasteiger partial charge on any atom is 0.242 e. The highest BCUT2D eigenvalue weighted by Gasteiger charge is 2.28. The summed E-state index contributed by atoms with van der Waals surface area (Å²) in [5.74, 6) is 0.767. The Morgan fingerprint density at radius 1 is 1.46 bits per heavy atom. The Balaban J connectivity index is 1.73. The first-order valence-corrected chi connectivity index (χ1v) is 8.71. The number of hydrogen-bond acceptors (Lipinski definition) is 4. The highest BCUT2D eigenvalue weighted by Crippen LogP contribution is 2.35. The van der Waals surface area contributed by atoms with Crippen LogP contribution in [0.3, 0.4) is 0 Å². The molecule has 1 amide bonds. The summed E-state index contributed by atoms with van der Waals surface area (Å²) in [6.07, 6.45) is 2.25. The Labute approximate surface area is 146 Å². The number of rotatable bonds is 7. The van der Waals surface area contributed by atoms with E-state index in [-0.39, 0.29) is 11.9 Å². The number of nitrogens with zero attached hydrogens (tertiary/aromatic N) is 3. The van der Waals surface area contributed by atoms with Crippen molar-refractivity contribution in [3.05, 3.63) is 46.5 Å². The maximum absolute atomic E-state index is 12.8. The SMILES string of the molecule is CCN(C)[C@H](C(=O)NCc1n[nH]c(=S)n1C1CC1)c1ccccc1. The second kappa shape index (κ2) is 7.27. The number of likely N-dealkylation sites (N-methyl/N-ethyl adjacent to an activating group) is 1. The van der Waals surface area contributed by atoms with Crippen molar-refractivity contribution in [2.75, 3.05) is 13.6 Å². The van der Waals surface area contributed by atoms with Crippen molar-refractivity contribution in [1.82, 2.24) is 25.0 Å². The number of benzene rings is 1. The first kappa shape index (κ1) is 16.9. The second-order valence-corrected chi connectivity index (χ2v) is 6.54. The molecule has 24 heavy (non-hydrogen) atoms. The standard InChI is InChI=1S/C17H23N5OS/c1-3-21(2)15(12-7-5-4-6-8-12)16(23)18-11-14-19-20-17(24)22(14)13-9-10-13/h4-8,13,15H,3,9-11H2,1-2H3,(H,18,23)(H,20,24)/t15-/m0/s1. The Morgan fingerprint density at radius 3 is 2.79 bits per heavy atom. The highest BCUT2D eigenvalue weighted by molar-refractivity contribution is 7.71. The molecule has 0 radical (unpaired) electrons. The van der Waals surface area contributed by atoms with Gasteiger partial charge in [0.15, 0.2) is 10.6 Å². The molecule has 0 spiro atoms. The third kappa shape index (κ3) is 3.57. The molecule has 0 aliphatic heterocycles. The lowest BCUT2D eigenvalue weighted by molar-refractivity contribution is -0.126. The molecule has 128 valence electrons. The number of aromatic nitrogens is 3. The van der Waals surface area contributed by atoms with E-state index in [1.807, 2.05) is 53.8 Å². The first-order valence-electron chi connectivity index (χ1n) is 8.30. The van der Waals surface area contributed by atoms with Crippen molar-refractivity contribution < 1.29 is 4.79 Å². The minimum absolute atomic E-state index is 0.0261. The van der Waals surface area contributed by atoms with Gasteiger partial charge in [0.2, 0.25) is 5.91 Å². The van der Waals surface area contributed by atoms with Crippen LogP contribution in [0.2, 0.25) is 0 Å². The van der Waals surface area contributed by atoms with Crippen molar-refractivity contribution in [2.45, 2.75) is 38.4 Å². The fourth-order valence-electron chi connectivity index (χ4n) is 2.86. The monoisotopic (exact) mass is 345 g/mol. The molecule has 1 aromatic heterocycles. The Kier molecular flexibility index (Phi) is 5.11. The Bertz CT molecular complexity index is 750. The Hall–Kier alpha value is -1.99. The van der Waals surface area contributed by atoms with E-state index < -0.39 is 0 Å². The van der Waals surface area contributed by atoms with E-state index in [1.54, 1.807) is 0 Å². The van der Waals surface area contributed by atoms with Gasteiger partial charge in [0.05, 0.1) is 6.54 Å². The molecule has 7 heteroatoms. The van der Waals surface area contributed by atoms with E-state index in [0.29, 0.717) is 17.4 Å². The summed E-state index contributed by atoms with van der Waals surface area (Å²) in [5, 5.41) is 10.1. The zero-order chi connectivity index (χ0) is 17.1. The molecule has 0 unspecified atom stereocenters. The van der Waals surface area contributed by atoms with Gasteiger partial charge in [-0.05, 0) is 44.2 Å². The van der Waals surface area contributed by atoms with Crippen LogP contribution in [-0.2, 0) is 11.3 Å². The lowest BCUT2D eigenvalue weighted by Gasteiger charge is -2.26. The predicted octanol–water partition coefficient (Wildman–Crippen LogP) is 2.58. The van der Waals surface area contributed by atoms with Crippen molar-refractivity contribution in [3.63, 3.8) is 0 Å². The number of nitrogens with one attached hydrogen (secondary N) is 2. The summed E-state index contributed by atoms with van der Waals surface area (Å²) in [7, 11) is 1.96. The van der Waals surface area contributed by atoms with Crippen LogP contribution in [0.4, 0.5) is 0 Å². The van der Waals surface area contributed by atoms with E-state index in [2.05, 4.69) is 15.5 Å². The molecule has 1 heterocycles. The van der Waals surface area contributed by atoms with E-state index in [0.717, 1.165) is 30.8 Å².